The summed E-state index contributed by atoms with van der Waals surface area (Å²) >= 11 is 3.09. The number of halogens is 1. The van der Waals surface area contributed by atoms with Gasteiger partial charge in [0.05, 0.1) is 5.33 Å². The van der Waals surface area contributed by atoms with Gasteiger partial charge < -0.3 is 5.32 Å². The molecule has 0 aromatic heterocycles. The highest BCUT2D eigenvalue weighted by Gasteiger charge is 1.95. The van der Waals surface area contributed by atoms with Crippen molar-refractivity contribution in [1.82, 2.24) is 5.32 Å². The first-order valence-electron chi connectivity index (χ1n) is 3.09. The van der Waals surface area contributed by atoms with Crippen LogP contribution in [0.3, 0.4) is 0 Å². The Morgan fingerprint density at radius 3 is 2.78 bits per heavy atom. The number of hydrogen-bond acceptors (Lipinski definition) is 2. The predicted molar refractivity (Wildman–Crippen MR) is 42.0 cm³/mol. The molecule has 0 aromatic carbocycles. The quantitative estimate of drug-likeness (QED) is 0.521. The van der Waals surface area contributed by atoms with E-state index in [-0.39, 0.29) is 5.78 Å². The van der Waals surface area contributed by atoms with Crippen molar-refractivity contribution >= 4 is 21.7 Å². The van der Waals surface area contributed by atoms with Crippen molar-refractivity contribution in [2.45, 2.75) is 13.3 Å². The molecule has 2 nitrogen and oxygen atoms in total. The van der Waals surface area contributed by atoms with Gasteiger partial charge in [-0.15, -0.1) is 0 Å². The summed E-state index contributed by atoms with van der Waals surface area (Å²) in [6.45, 7) is 3.77. The first-order valence-corrected chi connectivity index (χ1v) is 4.21. The highest BCUT2D eigenvalue weighted by Crippen LogP contribution is 1.86. The van der Waals surface area contributed by atoms with Gasteiger partial charge in [0.2, 0.25) is 0 Å². The molecule has 0 fully saturated rings. The maximum atomic E-state index is 10.6. The van der Waals surface area contributed by atoms with Gasteiger partial charge in [-0.2, -0.15) is 0 Å². The third-order valence-electron chi connectivity index (χ3n) is 0.980. The molecule has 0 aliphatic heterocycles. The largest absolute Gasteiger partial charge is 0.317 e. The zero-order chi connectivity index (χ0) is 7.11. The standard InChI is InChI=1S/C6H12BrNO/c1-2-8-4-3-6(9)5-7/h8H,2-5H2,1H3. The number of rotatable bonds is 5. The van der Waals surface area contributed by atoms with Crippen molar-refractivity contribution < 1.29 is 4.79 Å². The first-order chi connectivity index (χ1) is 4.31. The van der Waals surface area contributed by atoms with Crippen molar-refractivity contribution in [3.63, 3.8) is 0 Å². The molecule has 1 N–H and O–H groups in total. The molecule has 0 atom stereocenters. The second-order valence-electron chi connectivity index (χ2n) is 1.78. The normalized spacial score (nSPS) is 9.56. The average molecular weight is 194 g/mol. The third kappa shape index (κ3) is 5.99. The van der Waals surface area contributed by atoms with Gasteiger partial charge in [0.1, 0.15) is 5.78 Å². The summed E-state index contributed by atoms with van der Waals surface area (Å²) in [6, 6.07) is 0. The van der Waals surface area contributed by atoms with Crippen molar-refractivity contribution in [3.8, 4) is 0 Å². The van der Waals surface area contributed by atoms with E-state index in [2.05, 4.69) is 21.2 Å². The SMILES string of the molecule is CCNCCC(=O)CBr. The Bertz CT molecular complexity index is 85.1. The van der Waals surface area contributed by atoms with Crippen LogP contribution in [0.5, 0.6) is 0 Å². The van der Waals surface area contributed by atoms with Gasteiger partial charge in [-0.3, -0.25) is 4.79 Å². The van der Waals surface area contributed by atoms with Gasteiger partial charge in [0.25, 0.3) is 0 Å². The molecule has 0 amide bonds. The zero-order valence-corrected chi connectivity index (χ0v) is 7.20. The van der Waals surface area contributed by atoms with E-state index in [1.165, 1.54) is 0 Å². The van der Waals surface area contributed by atoms with E-state index in [0.29, 0.717) is 11.8 Å². The molecular weight excluding hydrogens is 182 g/mol. The van der Waals surface area contributed by atoms with Crippen LogP contribution in [-0.2, 0) is 4.79 Å². The van der Waals surface area contributed by atoms with Gasteiger partial charge in [-0.25, -0.2) is 0 Å². The van der Waals surface area contributed by atoms with E-state index in [4.69, 9.17) is 0 Å². The van der Waals surface area contributed by atoms with E-state index < -0.39 is 0 Å². The molecule has 0 spiro atoms. The van der Waals surface area contributed by atoms with Crippen LogP contribution >= 0.6 is 15.9 Å². The van der Waals surface area contributed by atoms with Crippen LogP contribution in [-0.4, -0.2) is 24.2 Å². The highest BCUT2D eigenvalue weighted by molar-refractivity contribution is 9.09. The number of ketones is 1. The highest BCUT2D eigenvalue weighted by atomic mass is 79.9. The fraction of sp³-hybridized carbons (Fsp3) is 0.833. The molecule has 0 rings (SSSR count). The second kappa shape index (κ2) is 6.23. The summed E-state index contributed by atoms with van der Waals surface area (Å²) in [5.41, 5.74) is 0. The van der Waals surface area contributed by atoms with Gasteiger partial charge in [-0.05, 0) is 6.54 Å². The minimum atomic E-state index is 0.260. The summed E-state index contributed by atoms with van der Waals surface area (Å²) in [6.07, 6.45) is 0.638. The topological polar surface area (TPSA) is 29.1 Å². The lowest BCUT2D eigenvalue weighted by Crippen LogP contribution is -2.17. The third-order valence-corrected chi connectivity index (χ3v) is 1.61. The molecule has 9 heavy (non-hydrogen) atoms. The van der Waals surface area contributed by atoms with Crippen molar-refractivity contribution in [3.05, 3.63) is 0 Å². The molecule has 54 valence electrons. The summed E-state index contributed by atoms with van der Waals surface area (Å²) in [7, 11) is 0. The lowest BCUT2D eigenvalue weighted by atomic mass is 10.3. The fourth-order valence-corrected chi connectivity index (χ4v) is 0.752. The summed E-state index contributed by atoms with van der Waals surface area (Å²) in [4.78, 5) is 10.6. The Kier molecular flexibility index (Phi) is 6.31. The van der Waals surface area contributed by atoms with E-state index >= 15 is 0 Å². The zero-order valence-electron chi connectivity index (χ0n) is 5.61. The molecule has 0 aliphatic rings. The lowest BCUT2D eigenvalue weighted by molar-refractivity contribution is -0.116. The molecule has 0 unspecified atom stereocenters. The van der Waals surface area contributed by atoms with E-state index in [1.807, 2.05) is 6.92 Å². The van der Waals surface area contributed by atoms with Crippen LogP contribution in [0.4, 0.5) is 0 Å². The van der Waals surface area contributed by atoms with Gasteiger partial charge in [0.15, 0.2) is 0 Å². The molecule has 0 radical (unpaired) electrons. The molecule has 0 saturated carbocycles. The minimum absolute atomic E-state index is 0.260. The van der Waals surface area contributed by atoms with E-state index in [9.17, 15) is 4.79 Å². The number of hydrogen-bond donors (Lipinski definition) is 1. The Morgan fingerprint density at radius 1 is 1.67 bits per heavy atom. The number of nitrogens with one attached hydrogen (secondary N) is 1. The maximum Gasteiger partial charge on any atom is 0.144 e. The van der Waals surface area contributed by atoms with Crippen molar-refractivity contribution in [2.24, 2.45) is 0 Å². The summed E-state index contributed by atoms with van der Waals surface area (Å²) < 4.78 is 0. The number of Topliss-reactive ketones (excluding diaryl/α,β-unsaturated/α-hetero) is 1. The van der Waals surface area contributed by atoms with Gasteiger partial charge in [-0.1, -0.05) is 22.9 Å². The molecule has 0 aliphatic carbocycles. The molecule has 0 aromatic rings. The first kappa shape index (κ1) is 9.11. The van der Waals surface area contributed by atoms with Crippen LogP contribution in [0.2, 0.25) is 0 Å². The Balaban J connectivity index is 2.97. The fourth-order valence-electron chi connectivity index (χ4n) is 0.471. The molecule has 0 saturated heterocycles. The molecular formula is C6H12BrNO. The smallest absolute Gasteiger partial charge is 0.144 e. The van der Waals surface area contributed by atoms with Crippen LogP contribution in [0.15, 0.2) is 0 Å². The Hall–Kier alpha value is 0.110. The van der Waals surface area contributed by atoms with E-state index in [1.54, 1.807) is 0 Å². The maximum absolute atomic E-state index is 10.6. The van der Waals surface area contributed by atoms with Crippen LogP contribution in [0, 0.1) is 0 Å². The summed E-state index contributed by atoms with van der Waals surface area (Å²) in [5, 5.41) is 3.56. The monoisotopic (exact) mass is 193 g/mol. The number of carbonyl (C=O) groups is 1. The van der Waals surface area contributed by atoms with Gasteiger partial charge >= 0.3 is 0 Å². The lowest BCUT2D eigenvalue weighted by Gasteiger charge is -1.96. The van der Waals surface area contributed by atoms with Crippen LogP contribution in [0.1, 0.15) is 13.3 Å². The van der Waals surface area contributed by atoms with Crippen LogP contribution < -0.4 is 5.32 Å². The van der Waals surface area contributed by atoms with E-state index in [0.717, 1.165) is 13.1 Å². The summed E-state index contributed by atoms with van der Waals surface area (Å²) in [5.74, 6) is 0.260. The minimum Gasteiger partial charge on any atom is -0.317 e. The number of alkyl halides is 1. The second-order valence-corrected chi connectivity index (χ2v) is 2.34. The average Bonchev–Trinajstić information content (AvgIpc) is 1.89. The van der Waals surface area contributed by atoms with Crippen molar-refractivity contribution in [2.75, 3.05) is 18.4 Å². The Labute approximate surface area is 64.1 Å². The van der Waals surface area contributed by atoms with Crippen LogP contribution in [0.25, 0.3) is 0 Å². The molecule has 0 heterocycles. The van der Waals surface area contributed by atoms with Crippen molar-refractivity contribution in [1.29, 1.82) is 0 Å². The van der Waals surface area contributed by atoms with Gasteiger partial charge in [0, 0.05) is 13.0 Å². The molecule has 0 bridgehead atoms. The Morgan fingerprint density at radius 2 is 2.33 bits per heavy atom. The molecule has 3 heteroatoms. The predicted octanol–water partition coefficient (Wildman–Crippen LogP) is 0.950. The number of carbonyl (C=O) groups excluding carboxylic acids is 1.